The third-order valence-electron chi connectivity index (χ3n) is 6.99. The van der Waals surface area contributed by atoms with E-state index in [1.165, 1.54) is 11.1 Å². The first-order valence-electron chi connectivity index (χ1n) is 12.8. The number of benzene rings is 1. The van der Waals surface area contributed by atoms with Crippen LogP contribution in [0.4, 0.5) is 26.3 Å². The molecule has 0 bridgehead atoms. The van der Waals surface area contributed by atoms with Gasteiger partial charge in [-0.25, -0.2) is 9.59 Å². The number of pyridine rings is 1. The largest absolute Gasteiger partial charge is 0.490 e. The van der Waals surface area contributed by atoms with E-state index in [1.54, 1.807) is 0 Å². The lowest BCUT2D eigenvalue weighted by Crippen LogP contribution is -2.42. The molecule has 0 atom stereocenters. The van der Waals surface area contributed by atoms with Crippen LogP contribution in [0.25, 0.3) is 11.3 Å². The van der Waals surface area contributed by atoms with Crippen LogP contribution in [0.15, 0.2) is 53.6 Å². The maximum absolute atomic E-state index is 13.1. The highest BCUT2D eigenvalue weighted by molar-refractivity contribution is 5.73. The molecule has 0 saturated carbocycles. The molecule has 2 aromatic heterocycles. The average molecular weight is 616 g/mol. The Morgan fingerprint density at radius 2 is 1.42 bits per heavy atom. The fourth-order valence-corrected chi connectivity index (χ4v) is 4.71. The summed E-state index contributed by atoms with van der Waals surface area (Å²) in [5.74, 6) is -4.63. The van der Waals surface area contributed by atoms with E-state index in [0.717, 1.165) is 56.8 Å². The summed E-state index contributed by atoms with van der Waals surface area (Å²) in [7, 11) is 0. The Hall–Kier alpha value is -4.34. The highest BCUT2D eigenvalue weighted by Gasteiger charge is 2.44. The fraction of sp³-hybridized carbons (Fsp3) is 0.407. The van der Waals surface area contributed by atoms with E-state index >= 15 is 0 Å². The van der Waals surface area contributed by atoms with Gasteiger partial charge in [0.25, 0.3) is 5.56 Å². The van der Waals surface area contributed by atoms with Crippen molar-refractivity contribution in [2.75, 3.05) is 13.1 Å². The molecule has 1 fully saturated rings. The lowest BCUT2D eigenvalue weighted by Gasteiger charge is -2.38. The first kappa shape index (κ1) is 33.2. The van der Waals surface area contributed by atoms with Crippen molar-refractivity contribution < 1.29 is 46.1 Å². The number of alkyl halides is 6. The normalized spacial score (nSPS) is 15.9. The molecular formula is C27H27F6N5O5. The summed E-state index contributed by atoms with van der Waals surface area (Å²) in [5.41, 5.74) is 3.70. The highest BCUT2D eigenvalue weighted by atomic mass is 19.4. The number of halogens is 6. The van der Waals surface area contributed by atoms with E-state index in [1.807, 2.05) is 54.2 Å². The van der Waals surface area contributed by atoms with Gasteiger partial charge in [0.2, 0.25) is 0 Å². The van der Waals surface area contributed by atoms with Crippen LogP contribution in [0, 0.1) is 6.92 Å². The van der Waals surface area contributed by atoms with Gasteiger partial charge >= 0.3 is 24.3 Å². The van der Waals surface area contributed by atoms with Crippen molar-refractivity contribution in [1.29, 1.82) is 0 Å². The molecule has 1 spiro atoms. The number of piperidine rings is 1. The first-order chi connectivity index (χ1) is 20.0. The lowest BCUT2D eigenvalue weighted by atomic mass is 9.76. The molecule has 0 unspecified atom stereocenters. The molecule has 232 valence electrons. The van der Waals surface area contributed by atoms with Gasteiger partial charge in [-0.2, -0.15) is 26.3 Å². The molecule has 2 aliphatic heterocycles. The van der Waals surface area contributed by atoms with Crippen molar-refractivity contribution >= 4 is 11.9 Å². The number of fused-ring (bicyclic) bond motifs is 2. The number of aryl methyl sites for hydroxylation is 1. The minimum atomic E-state index is -5.08. The minimum Gasteiger partial charge on any atom is -0.475 e. The molecule has 4 heterocycles. The van der Waals surface area contributed by atoms with Gasteiger partial charge < -0.3 is 10.2 Å². The lowest BCUT2D eigenvalue weighted by molar-refractivity contribution is -0.193. The smallest absolute Gasteiger partial charge is 0.475 e. The molecule has 0 amide bonds. The number of likely N-dealkylation sites (tertiary alicyclic amines) is 1. The summed E-state index contributed by atoms with van der Waals surface area (Å²) in [6.45, 7) is 5.71. The maximum atomic E-state index is 13.1. The molecule has 5 rings (SSSR count). The van der Waals surface area contributed by atoms with Gasteiger partial charge in [-0.05, 0) is 50.9 Å². The molecule has 0 aliphatic carbocycles. The number of carboxylic acids is 2. The van der Waals surface area contributed by atoms with Gasteiger partial charge in [0.05, 0.1) is 0 Å². The molecule has 0 radical (unpaired) electrons. The third kappa shape index (κ3) is 8.59. The van der Waals surface area contributed by atoms with E-state index in [4.69, 9.17) is 19.8 Å². The van der Waals surface area contributed by atoms with Crippen LogP contribution in [-0.4, -0.2) is 72.2 Å². The maximum Gasteiger partial charge on any atom is 0.490 e. The monoisotopic (exact) mass is 615 g/mol. The average Bonchev–Trinajstić information content (AvgIpc) is 3.30. The summed E-state index contributed by atoms with van der Waals surface area (Å²) in [6, 6.07) is 12.0. The standard InChI is InChI=1S/C23H25N5O.2C2HF3O2/c1-17-4-6-19(7-5-17)20-21(29)28-14-10-23(22(28)26-25-20)8-12-27(13-9-23)16-18-3-2-11-24-15-18;2*3-2(4,5)1(6)7/h2-7,11,15H,8-10,12-14,16H2,1H3;2*(H,6,7). The molecule has 2 aliphatic rings. The van der Waals surface area contributed by atoms with E-state index in [0.29, 0.717) is 5.69 Å². The number of hydrogen-bond acceptors (Lipinski definition) is 7. The molecule has 3 aromatic rings. The zero-order valence-electron chi connectivity index (χ0n) is 22.7. The van der Waals surface area contributed by atoms with Crippen LogP contribution in [0.5, 0.6) is 0 Å². The molecule has 2 N–H and O–H groups in total. The first-order valence-corrected chi connectivity index (χ1v) is 12.8. The second-order valence-electron chi connectivity index (χ2n) is 9.97. The third-order valence-corrected chi connectivity index (χ3v) is 6.99. The van der Waals surface area contributed by atoms with Crippen molar-refractivity contribution in [2.24, 2.45) is 0 Å². The van der Waals surface area contributed by atoms with Crippen LogP contribution in [0.2, 0.25) is 0 Å². The van der Waals surface area contributed by atoms with Crippen molar-refractivity contribution in [2.45, 2.75) is 57.0 Å². The van der Waals surface area contributed by atoms with Gasteiger partial charge in [-0.1, -0.05) is 35.9 Å². The predicted octanol–water partition coefficient (Wildman–Crippen LogP) is 4.21. The molecule has 16 heteroatoms. The summed E-state index contributed by atoms with van der Waals surface area (Å²) in [4.78, 5) is 37.6. The SMILES string of the molecule is Cc1ccc(-c2nnc3n(c2=O)CCC32CCN(Cc3cccnc3)CC2)cc1.O=C(O)C(F)(F)F.O=C(O)C(F)(F)F. The van der Waals surface area contributed by atoms with Crippen molar-refractivity contribution in [3.63, 3.8) is 0 Å². The van der Waals surface area contributed by atoms with E-state index in [-0.39, 0.29) is 11.0 Å². The van der Waals surface area contributed by atoms with Crippen LogP contribution in [0.1, 0.15) is 36.2 Å². The quantitative estimate of drug-likeness (QED) is 0.415. The van der Waals surface area contributed by atoms with Crippen LogP contribution in [-0.2, 0) is 28.1 Å². The number of aliphatic carboxylic acids is 2. The summed E-state index contributed by atoms with van der Waals surface area (Å²) < 4.78 is 65.3. The molecule has 43 heavy (non-hydrogen) atoms. The number of carboxylic acid groups (broad SMARTS) is 2. The highest BCUT2D eigenvalue weighted by Crippen LogP contribution is 2.41. The Bertz CT molecular complexity index is 1440. The Labute approximate surface area is 240 Å². The van der Waals surface area contributed by atoms with Gasteiger partial charge in [-0.3, -0.25) is 19.2 Å². The Morgan fingerprint density at radius 1 is 0.884 bits per heavy atom. The number of aromatic nitrogens is 4. The van der Waals surface area contributed by atoms with E-state index in [9.17, 15) is 31.1 Å². The Kier molecular flexibility index (Phi) is 10.3. The number of rotatable bonds is 3. The number of carbonyl (C=O) groups is 2. The van der Waals surface area contributed by atoms with E-state index < -0.39 is 24.3 Å². The minimum absolute atomic E-state index is 0.00600. The second-order valence-corrected chi connectivity index (χ2v) is 9.97. The topological polar surface area (TPSA) is 139 Å². The van der Waals surface area contributed by atoms with Gasteiger partial charge in [-0.15, -0.1) is 10.2 Å². The predicted molar refractivity (Wildman–Crippen MR) is 139 cm³/mol. The Balaban J connectivity index is 0.000000303. The Morgan fingerprint density at radius 3 is 1.91 bits per heavy atom. The summed E-state index contributed by atoms with van der Waals surface area (Å²) in [5, 5.41) is 23.2. The number of hydrogen-bond donors (Lipinski definition) is 2. The molecular weight excluding hydrogens is 588 g/mol. The zero-order valence-corrected chi connectivity index (χ0v) is 22.7. The van der Waals surface area contributed by atoms with Crippen molar-refractivity contribution in [3.05, 3.63) is 76.1 Å². The van der Waals surface area contributed by atoms with Crippen LogP contribution >= 0.6 is 0 Å². The van der Waals surface area contributed by atoms with Crippen molar-refractivity contribution in [3.8, 4) is 11.3 Å². The van der Waals surface area contributed by atoms with Crippen molar-refractivity contribution in [1.82, 2.24) is 24.6 Å². The van der Waals surface area contributed by atoms with Gasteiger partial charge in [0.15, 0.2) is 5.69 Å². The van der Waals surface area contributed by atoms with Gasteiger partial charge in [0.1, 0.15) is 5.82 Å². The molecule has 1 saturated heterocycles. The summed E-state index contributed by atoms with van der Waals surface area (Å²) in [6.07, 6.45) is -3.40. The van der Waals surface area contributed by atoms with Crippen LogP contribution < -0.4 is 5.56 Å². The molecule has 1 aromatic carbocycles. The second kappa shape index (κ2) is 13.3. The molecule has 10 nitrogen and oxygen atoms in total. The van der Waals surface area contributed by atoms with E-state index in [2.05, 4.69) is 26.1 Å². The van der Waals surface area contributed by atoms with Gasteiger partial charge in [0, 0.05) is 36.5 Å². The zero-order chi connectivity index (χ0) is 32.0. The summed E-state index contributed by atoms with van der Waals surface area (Å²) >= 11 is 0. The van der Waals surface area contributed by atoms with Crippen LogP contribution in [0.3, 0.4) is 0 Å². The fourth-order valence-electron chi connectivity index (χ4n) is 4.71. The number of nitrogens with zero attached hydrogens (tertiary/aromatic N) is 5.